The molecular weight excluding hydrogens is 286 g/mol. The second-order valence-corrected chi connectivity index (χ2v) is 6.41. The van der Waals surface area contributed by atoms with E-state index >= 15 is 0 Å². The summed E-state index contributed by atoms with van der Waals surface area (Å²) in [6, 6.07) is 6.23. The molecule has 0 aromatic heterocycles. The van der Waals surface area contributed by atoms with Gasteiger partial charge in [0.25, 0.3) is 0 Å². The molecule has 21 heavy (non-hydrogen) atoms. The normalized spacial score (nSPS) is 15.3. The molecule has 0 spiro atoms. The minimum absolute atomic E-state index is 0.214. The maximum atomic E-state index is 9.61. The third kappa shape index (κ3) is 5.41. The number of thioether (sulfide) groups is 1. The summed E-state index contributed by atoms with van der Waals surface area (Å²) in [6.07, 6.45) is -0.303. The van der Waals surface area contributed by atoms with Crippen LogP contribution in [-0.4, -0.2) is 43.0 Å². The molecular formula is C16H27NO3S. The molecule has 0 aliphatic carbocycles. The zero-order chi connectivity index (χ0) is 15.8. The Morgan fingerprint density at radius 3 is 2.38 bits per heavy atom. The number of aliphatic hydroxyl groups is 1. The summed E-state index contributed by atoms with van der Waals surface area (Å²) in [5.74, 6) is 2.38. The van der Waals surface area contributed by atoms with Crippen LogP contribution in [0, 0.1) is 0 Å². The average Bonchev–Trinajstić information content (AvgIpc) is 2.50. The van der Waals surface area contributed by atoms with Crippen molar-refractivity contribution in [1.82, 2.24) is 5.32 Å². The van der Waals surface area contributed by atoms with Crippen molar-refractivity contribution >= 4 is 11.8 Å². The minimum atomic E-state index is -0.303. The fraction of sp³-hybridized carbons (Fsp3) is 0.625. The van der Waals surface area contributed by atoms with Gasteiger partial charge in [0, 0.05) is 17.0 Å². The topological polar surface area (TPSA) is 50.7 Å². The summed E-state index contributed by atoms with van der Waals surface area (Å²) in [4.78, 5) is 0. The van der Waals surface area contributed by atoms with Crippen LogP contribution in [0.15, 0.2) is 18.2 Å². The third-order valence-electron chi connectivity index (χ3n) is 3.47. The van der Waals surface area contributed by atoms with Gasteiger partial charge in [0.15, 0.2) is 11.5 Å². The molecule has 0 aliphatic rings. The molecule has 4 nitrogen and oxygen atoms in total. The van der Waals surface area contributed by atoms with Gasteiger partial charge in [-0.3, -0.25) is 0 Å². The molecule has 120 valence electrons. The Kier molecular flexibility index (Phi) is 7.93. The molecule has 0 saturated heterocycles. The lowest BCUT2D eigenvalue weighted by Gasteiger charge is -2.22. The molecule has 3 atom stereocenters. The Balaban J connectivity index is 2.84. The van der Waals surface area contributed by atoms with Gasteiger partial charge in [-0.05, 0) is 31.2 Å². The van der Waals surface area contributed by atoms with Gasteiger partial charge in [-0.15, -0.1) is 0 Å². The summed E-state index contributed by atoms with van der Waals surface area (Å²) >= 11 is 1.77. The van der Waals surface area contributed by atoms with Crippen molar-refractivity contribution in [2.24, 2.45) is 0 Å². The largest absolute Gasteiger partial charge is 0.493 e. The predicted octanol–water partition coefficient (Wildman–Crippen LogP) is 2.86. The van der Waals surface area contributed by atoms with Crippen LogP contribution < -0.4 is 14.8 Å². The molecule has 0 radical (unpaired) electrons. The molecule has 0 amide bonds. The first kappa shape index (κ1) is 18.1. The third-order valence-corrected chi connectivity index (χ3v) is 4.91. The summed E-state index contributed by atoms with van der Waals surface area (Å²) < 4.78 is 10.6. The van der Waals surface area contributed by atoms with E-state index in [-0.39, 0.29) is 17.4 Å². The predicted molar refractivity (Wildman–Crippen MR) is 89.6 cm³/mol. The highest BCUT2D eigenvalue weighted by Crippen LogP contribution is 2.31. The zero-order valence-corrected chi connectivity index (χ0v) is 14.4. The Labute approximate surface area is 132 Å². The first-order valence-electron chi connectivity index (χ1n) is 7.28. The number of nitrogens with one attached hydrogen (secondary N) is 1. The molecule has 0 aliphatic heterocycles. The van der Waals surface area contributed by atoms with Crippen LogP contribution in [0.2, 0.25) is 0 Å². The van der Waals surface area contributed by atoms with Crippen molar-refractivity contribution in [3.05, 3.63) is 23.8 Å². The first-order valence-corrected chi connectivity index (χ1v) is 8.33. The standard InChI is InChI=1S/C16H27NO3S/c1-6-17-14(10-21-12(3)11(2)18)13-7-8-15(19-4)16(9-13)20-5/h7-9,11-12,14,17-18H,6,10H2,1-5H3. The van der Waals surface area contributed by atoms with Crippen molar-refractivity contribution in [3.63, 3.8) is 0 Å². The van der Waals surface area contributed by atoms with Crippen molar-refractivity contribution in [2.45, 2.75) is 38.2 Å². The molecule has 3 unspecified atom stereocenters. The molecule has 0 fully saturated rings. The van der Waals surface area contributed by atoms with E-state index in [1.807, 2.05) is 26.0 Å². The maximum absolute atomic E-state index is 9.61. The lowest BCUT2D eigenvalue weighted by atomic mass is 10.1. The van der Waals surface area contributed by atoms with Crippen LogP contribution in [-0.2, 0) is 0 Å². The molecule has 0 saturated carbocycles. The monoisotopic (exact) mass is 313 g/mol. The minimum Gasteiger partial charge on any atom is -0.493 e. The Hall–Kier alpha value is -0.910. The number of benzene rings is 1. The van der Waals surface area contributed by atoms with E-state index in [9.17, 15) is 5.11 Å². The SMILES string of the molecule is CCNC(CSC(C)C(C)O)c1ccc(OC)c(OC)c1. The number of rotatable bonds is 9. The van der Waals surface area contributed by atoms with Gasteiger partial charge < -0.3 is 19.9 Å². The molecule has 0 heterocycles. The van der Waals surface area contributed by atoms with Gasteiger partial charge in [-0.1, -0.05) is 19.9 Å². The number of aliphatic hydroxyl groups excluding tert-OH is 1. The van der Waals surface area contributed by atoms with Crippen molar-refractivity contribution in [1.29, 1.82) is 0 Å². The van der Waals surface area contributed by atoms with Gasteiger partial charge >= 0.3 is 0 Å². The van der Waals surface area contributed by atoms with E-state index in [2.05, 4.69) is 18.3 Å². The highest BCUT2D eigenvalue weighted by Gasteiger charge is 2.17. The van der Waals surface area contributed by atoms with Crippen molar-refractivity contribution in [2.75, 3.05) is 26.5 Å². The van der Waals surface area contributed by atoms with E-state index in [0.29, 0.717) is 0 Å². The maximum Gasteiger partial charge on any atom is 0.161 e. The number of ether oxygens (including phenoxy) is 2. The van der Waals surface area contributed by atoms with Crippen LogP contribution in [0.3, 0.4) is 0 Å². The molecule has 1 aromatic carbocycles. The van der Waals surface area contributed by atoms with Gasteiger partial charge in [-0.2, -0.15) is 11.8 Å². The van der Waals surface area contributed by atoms with Crippen LogP contribution in [0.4, 0.5) is 0 Å². The summed E-state index contributed by atoms with van der Waals surface area (Å²) in [6.45, 7) is 6.86. The van der Waals surface area contributed by atoms with Gasteiger partial charge in [0.2, 0.25) is 0 Å². The number of methoxy groups -OCH3 is 2. The summed E-state index contributed by atoms with van der Waals surface area (Å²) in [7, 11) is 3.29. The molecule has 0 bridgehead atoms. The van der Waals surface area contributed by atoms with Crippen molar-refractivity contribution < 1.29 is 14.6 Å². The molecule has 1 rings (SSSR count). The van der Waals surface area contributed by atoms with Gasteiger partial charge in [0.05, 0.1) is 20.3 Å². The van der Waals surface area contributed by atoms with Crippen LogP contribution in [0.5, 0.6) is 11.5 Å². The van der Waals surface area contributed by atoms with E-state index in [0.717, 1.165) is 23.8 Å². The first-order chi connectivity index (χ1) is 10.0. The fourth-order valence-electron chi connectivity index (χ4n) is 1.98. The highest BCUT2D eigenvalue weighted by molar-refractivity contribution is 7.99. The lowest BCUT2D eigenvalue weighted by molar-refractivity contribution is 0.196. The van der Waals surface area contributed by atoms with Gasteiger partial charge in [-0.25, -0.2) is 0 Å². The Morgan fingerprint density at radius 2 is 1.86 bits per heavy atom. The average molecular weight is 313 g/mol. The van der Waals surface area contributed by atoms with E-state index in [4.69, 9.17) is 9.47 Å². The van der Waals surface area contributed by atoms with Crippen LogP contribution in [0.25, 0.3) is 0 Å². The van der Waals surface area contributed by atoms with Crippen LogP contribution >= 0.6 is 11.8 Å². The smallest absolute Gasteiger partial charge is 0.161 e. The molecule has 2 N–H and O–H groups in total. The number of hydrogen-bond donors (Lipinski definition) is 2. The summed E-state index contributed by atoms with van der Waals surface area (Å²) in [5.41, 5.74) is 1.17. The second-order valence-electron chi connectivity index (χ2n) is 5.00. The zero-order valence-electron chi connectivity index (χ0n) is 13.6. The second kappa shape index (κ2) is 9.18. The van der Waals surface area contributed by atoms with Gasteiger partial charge in [0.1, 0.15) is 0 Å². The van der Waals surface area contributed by atoms with Crippen molar-refractivity contribution in [3.8, 4) is 11.5 Å². The molecule has 5 heteroatoms. The number of hydrogen-bond acceptors (Lipinski definition) is 5. The Bertz CT molecular complexity index is 426. The highest BCUT2D eigenvalue weighted by atomic mass is 32.2. The van der Waals surface area contributed by atoms with E-state index < -0.39 is 0 Å². The van der Waals surface area contributed by atoms with Crippen LogP contribution in [0.1, 0.15) is 32.4 Å². The Morgan fingerprint density at radius 1 is 1.19 bits per heavy atom. The summed E-state index contributed by atoms with van der Waals surface area (Å²) in [5, 5.41) is 13.3. The molecule has 1 aromatic rings. The van der Waals surface area contributed by atoms with E-state index in [1.54, 1.807) is 26.0 Å². The quantitative estimate of drug-likeness (QED) is 0.734. The fourth-order valence-corrected chi connectivity index (χ4v) is 3.06. The lowest BCUT2D eigenvalue weighted by Crippen LogP contribution is -2.25. The van der Waals surface area contributed by atoms with E-state index in [1.165, 1.54) is 5.56 Å².